The van der Waals surface area contributed by atoms with E-state index >= 15 is 0 Å². The molecule has 0 unspecified atom stereocenters. The van der Waals surface area contributed by atoms with Crippen molar-refractivity contribution < 1.29 is 14.3 Å². The molecular weight excluding hydrogens is 458 g/mol. The lowest BCUT2D eigenvalue weighted by atomic mass is 10.2. The molecule has 5 rings (SSSR count). The van der Waals surface area contributed by atoms with Crippen LogP contribution in [0.4, 0.5) is 0 Å². The third-order valence-electron chi connectivity index (χ3n) is 5.92. The highest BCUT2D eigenvalue weighted by atomic mass is 16.5. The second kappa shape index (κ2) is 10.2. The molecule has 0 N–H and O–H groups in total. The number of rotatable bonds is 9. The SMILES string of the molecule is CCCOC(=O)c1ccc(-n2c3nc4ccccc4nc3c3c(=O)n(CCCOCC)cnc32)cc1. The molecule has 36 heavy (non-hydrogen) atoms. The first kappa shape index (κ1) is 23.6. The van der Waals surface area contributed by atoms with Crippen molar-refractivity contribution in [2.24, 2.45) is 0 Å². The molecule has 9 heteroatoms. The minimum atomic E-state index is -0.371. The monoisotopic (exact) mass is 485 g/mol. The molecule has 184 valence electrons. The normalized spacial score (nSPS) is 11.5. The average Bonchev–Trinajstić information content (AvgIpc) is 3.23. The average molecular weight is 486 g/mol. The fourth-order valence-corrected chi connectivity index (χ4v) is 4.18. The molecule has 5 aromatic rings. The minimum Gasteiger partial charge on any atom is -0.462 e. The first-order valence-corrected chi connectivity index (χ1v) is 12.1. The molecule has 9 nitrogen and oxygen atoms in total. The van der Waals surface area contributed by atoms with Gasteiger partial charge in [0.15, 0.2) is 11.3 Å². The zero-order chi connectivity index (χ0) is 25.1. The molecule has 0 aliphatic heterocycles. The molecular formula is C27H27N5O4. The fraction of sp³-hybridized carbons (Fsp3) is 0.296. The van der Waals surface area contributed by atoms with Crippen molar-refractivity contribution in [3.63, 3.8) is 0 Å². The van der Waals surface area contributed by atoms with Crippen LogP contribution in [0, 0.1) is 0 Å². The minimum absolute atomic E-state index is 0.176. The summed E-state index contributed by atoms with van der Waals surface area (Å²) >= 11 is 0. The van der Waals surface area contributed by atoms with Gasteiger partial charge in [0.1, 0.15) is 10.9 Å². The van der Waals surface area contributed by atoms with Crippen LogP contribution in [-0.4, -0.2) is 49.9 Å². The Kier molecular flexibility index (Phi) is 6.73. The molecule has 0 spiro atoms. The Hall–Kier alpha value is -4.11. The lowest BCUT2D eigenvalue weighted by Crippen LogP contribution is -2.21. The van der Waals surface area contributed by atoms with Crippen molar-refractivity contribution in [1.82, 2.24) is 24.1 Å². The van der Waals surface area contributed by atoms with Gasteiger partial charge in [0.2, 0.25) is 0 Å². The number of benzene rings is 2. The summed E-state index contributed by atoms with van der Waals surface area (Å²) in [5.41, 5.74) is 3.89. The van der Waals surface area contributed by atoms with Crippen LogP contribution >= 0.6 is 0 Å². The van der Waals surface area contributed by atoms with E-state index < -0.39 is 0 Å². The number of carbonyl (C=O) groups is 1. The first-order chi connectivity index (χ1) is 17.6. The van der Waals surface area contributed by atoms with Gasteiger partial charge in [0.25, 0.3) is 5.56 Å². The maximum absolute atomic E-state index is 13.6. The summed E-state index contributed by atoms with van der Waals surface area (Å²) in [7, 11) is 0. The fourth-order valence-electron chi connectivity index (χ4n) is 4.18. The number of aryl methyl sites for hydroxylation is 1. The summed E-state index contributed by atoms with van der Waals surface area (Å²) < 4.78 is 14.1. The Morgan fingerprint density at radius 2 is 1.69 bits per heavy atom. The second-order valence-corrected chi connectivity index (χ2v) is 8.39. The number of hydrogen-bond acceptors (Lipinski definition) is 7. The lowest BCUT2D eigenvalue weighted by Gasteiger charge is -2.09. The Labute approximate surface area is 207 Å². The third kappa shape index (κ3) is 4.33. The maximum atomic E-state index is 13.6. The van der Waals surface area contributed by atoms with Gasteiger partial charge >= 0.3 is 5.97 Å². The van der Waals surface area contributed by atoms with E-state index in [4.69, 9.17) is 19.4 Å². The van der Waals surface area contributed by atoms with E-state index in [1.807, 2.05) is 42.7 Å². The molecule has 0 saturated carbocycles. The van der Waals surface area contributed by atoms with Crippen LogP contribution in [0.2, 0.25) is 0 Å². The molecule has 3 heterocycles. The molecule has 0 aliphatic carbocycles. The summed E-state index contributed by atoms with van der Waals surface area (Å²) in [4.78, 5) is 40.1. The van der Waals surface area contributed by atoms with Crippen molar-refractivity contribution in [2.75, 3.05) is 19.8 Å². The van der Waals surface area contributed by atoms with E-state index in [9.17, 15) is 9.59 Å². The van der Waals surface area contributed by atoms with Gasteiger partial charge in [-0.25, -0.2) is 19.7 Å². The van der Waals surface area contributed by atoms with Gasteiger partial charge in [-0.05, 0) is 56.2 Å². The lowest BCUT2D eigenvalue weighted by molar-refractivity contribution is 0.0505. The van der Waals surface area contributed by atoms with Gasteiger partial charge in [0.05, 0.1) is 29.5 Å². The van der Waals surface area contributed by atoms with E-state index in [0.717, 1.165) is 6.42 Å². The van der Waals surface area contributed by atoms with E-state index in [1.54, 1.807) is 35.2 Å². The second-order valence-electron chi connectivity index (χ2n) is 8.39. The van der Waals surface area contributed by atoms with Crippen molar-refractivity contribution in [3.8, 4) is 5.69 Å². The van der Waals surface area contributed by atoms with Gasteiger partial charge in [-0.1, -0.05) is 19.1 Å². The van der Waals surface area contributed by atoms with Gasteiger partial charge in [-0.15, -0.1) is 0 Å². The molecule has 0 amide bonds. The number of nitrogens with zero attached hydrogens (tertiary/aromatic N) is 5. The Morgan fingerprint density at radius 1 is 0.944 bits per heavy atom. The van der Waals surface area contributed by atoms with Crippen molar-refractivity contribution in [3.05, 3.63) is 70.8 Å². The van der Waals surface area contributed by atoms with E-state index in [0.29, 0.717) is 77.3 Å². The summed E-state index contributed by atoms with van der Waals surface area (Å²) in [6.07, 6.45) is 3.01. The third-order valence-corrected chi connectivity index (χ3v) is 5.92. The van der Waals surface area contributed by atoms with Crippen LogP contribution in [0.1, 0.15) is 37.0 Å². The molecule has 0 atom stereocenters. The van der Waals surface area contributed by atoms with Crippen molar-refractivity contribution >= 4 is 39.2 Å². The Morgan fingerprint density at radius 3 is 2.42 bits per heavy atom. The first-order valence-electron chi connectivity index (χ1n) is 12.1. The van der Waals surface area contributed by atoms with Crippen LogP contribution in [0.25, 0.3) is 38.9 Å². The van der Waals surface area contributed by atoms with E-state index in [2.05, 4.69) is 4.98 Å². The van der Waals surface area contributed by atoms with Crippen molar-refractivity contribution in [2.45, 2.75) is 33.2 Å². The predicted molar refractivity (Wildman–Crippen MR) is 138 cm³/mol. The Balaban J connectivity index is 1.68. The number of ether oxygens (including phenoxy) is 2. The smallest absolute Gasteiger partial charge is 0.338 e. The quantitative estimate of drug-likeness (QED) is 0.227. The molecule has 0 fully saturated rings. The van der Waals surface area contributed by atoms with Crippen LogP contribution in [0.3, 0.4) is 0 Å². The maximum Gasteiger partial charge on any atom is 0.338 e. The molecule has 0 aliphatic rings. The topological polar surface area (TPSA) is 101 Å². The number of hydrogen-bond donors (Lipinski definition) is 0. The Bertz CT molecular complexity index is 1600. The van der Waals surface area contributed by atoms with Crippen LogP contribution in [0.15, 0.2) is 59.7 Å². The molecule has 3 aromatic heterocycles. The van der Waals surface area contributed by atoms with Gasteiger partial charge in [0, 0.05) is 25.4 Å². The summed E-state index contributed by atoms with van der Waals surface area (Å²) in [6, 6.07) is 14.6. The number of esters is 1. The zero-order valence-electron chi connectivity index (χ0n) is 20.3. The van der Waals surface area contributed by atoms with Gasteiger partial charge < -0.3 is 9.47 Å². The van der Waals surface area contributed by atoms with Crippen LogP contribution < -0.4 is 5.56 Å². The number of para-hydroxylation sites is 2. The standard InChI is InChI=1S/C27H27N5O4/c1-3-15-36-27(34)18-10-12-19(13-11-18)32-24-22(26(33)31(17-28-24)14-7-16-35-4-2)23-25(32)30-21-9-6-5-8-20(21)29-23/h5-6,8-13,17H,3-4,7,14-16H2,1-2H3. The molecule has 2 aromatic carbocycles. The number of fused-ring (bicyclic) bond motifs is 4. The number of aromatic nitrogens is 5. The predicted octanol–water partition coefficient (Wildman–Crippen LogP) is 4.28. The largest absolute Gasteiger partial charge is 0.462 e. The van der Waals surface area contributed by atoms with Gasteiger partial charge in [-0.3, -0.25) is 13.9 Å². The molecule has 0 radical (unpaired) electrons. The summed E-state index contributed by atoms with van der Waals surface area (Å²) in [5.74, 6) is -0.371. The zero-order valence-corrected chi connectivity index (χ0v) is 20.3. The molecule has 0 saturated heterocycles. The highest BCUT2D eigenvalue weighted by molar-refractivity contribution is 6.05. The summed E-state index contributed by atoms with van der Waals surface area (Å²) in [6.45, 7) is 5.96. The highest BCUT2D eigenvalue weighted by Gasteiger charge is 2.21. The summed E-state index contributed by atoms with van der Waals surface area (Å²) in [5, 5.41) is 0.411. The van der Waals surface area contributed by atoms with Gasteiger partial charge in [-0.2, -0.15) is 0 Å². The van der Waals surface area contributed by atoms with Crippen molar-refractivity contribution in [1.29, 1.82) is 0 Å². The van der Waals surface area contributed by atoms with E-state index in [-0.39, 0.29) is 11.5 Å². The molecule has 0 bridgehead atoms. The highest BCUT2D eigenvalue weighted by Crippen LogP contribution is 2.28. The van der Waals surface area contributed by atoms with Crippen LogP contribution in [0.5, 0.6) is 0 Å². The number of carbonyl (C=O) groups excluding carboxylic acids is 1. The van der Waals surface area contributed by atoms with Crippen LogP contribution in [-0.2, 0) is 16.0 Å². The van der Waals surface area contributed by atoms with E-state index in [1.165, 1.54) is 0 Å².